The summed E-state index contributed by atoms with van der Waals surface area (Å²) in [6.45, 7) is 12.1. The van der Waals surface area contributed by atoms with E-state index in [1.807, 2.05) is 4.90 Å². The van der Waals surface area contributed by atoms with Gasteiger partial charge in [-0.05, 0) is 49.1 Å². The first-order valence-corrected chi connectivity index (χ1v) is 10.9. The third-order valence-electron chi connectivity index (χ3n) is 5.67. The zero-order chi connectivity index (χ0) is 19.9. The zero-order valence-electron chi connectivity index (χ0n) is 18.2. The standard InChI is InChI=1S/C23H36N4O.HI/c1-4-24-23(27-12-10-21(17-27)13-18(2)3)25-15-19-7-5-8-20(14-19)16-26-11-6-9-22(26)28;/h5,7-8,14,18,21H,4,6,9-13,15-17H2,1-3H3,(H,24,25);1H. The lowest BCUT2D eigenvalue weighted by Gasteiger charge is -2.22. The maximum Gasteiger partial charge on any atom is 0.222 e. The number of nitrogens with one attached hydrogen (secondary N) is 1. The van der Waals surface area contributed by atoms with Crippen LogP contribution < -0.4 is 5.32 Å². The maximum atomic E-state index is 11.9. The largest absolute Gasteiger partial charge is 0.357 e. The lowest BCUT2D eigenvalue weighted by molar-refractivity contribution is -0.128. The van der Waals surface area contributed by atoms with Crippen molar-refractivity contribution in [2.24, 2.45) is 16.8 Å². The highest BCUT2D eigenvalue weighted by atomic mass is 127. The highest BCUT2D eigenvalue weighted by Gasteiger charge is 2.25. The van der Waals surface area contributed by atoms with Gasteiger partial charge in [0.25, 0.3) is 0 Å². The lowest BCUT2D eigenvalue weighted by Crippen LogP contribution is -2.40. The summed E-state index contributed by atoms with van der Waals surface area (Å²) >= 11 is 0. The number of nitrogens with zero attached hydrogens (tertiary/aromatic N) is 3. The van der Waals surface area contributed by atoms with Crippen LogP contribution in [-0.2, 0) is 17.9 Å². The van der Waals surface area contributed by atoms with Crippen LogP contribution in [0.25, 0.3) is 0 Å². The van der Waals surface area contributed by atoms with Gasteiger partial charge < -0.3 is 15.1 Å². The molecule has 0 aromatic heterocycles. The molecule has 1 atom stereocenters. The van der Waals surface area contributed by atoms with Gasteiger partial charge in [-0.25, -0.2) is 4.99 Å². The van der Waals surface area contributed by atoms with Crippen molar-refractivity contribution in [3.63, 3.8) is 0 Å². The van der Waals surface area contributed by atoms with Gasteiger partial charge in [0, 0.05) is 39.1 Å². The normalized spacial score (nSPS) is 19.8. The van der Waals surface area contributed by atoms with Crippen molar-refractivity contribution in [1.29, 1.82) is 0 Å². The molecule has 2 aliphatic heterocycles. The lowest BCUT2D eigenvalue weighted by atomic mass is 9.97. The van der Waals surface area contributed by atoms with E-state index in [9.17, 15) is 4.79 Å². The van der Waals surface area contributed by atoms with Crippen LogP contribution in [0.3, 0.4) is 0 Å². The fraction of sp³-hybridized carbons (Fsp3) is 0.652. The number of carbonyl (C=O) groups is 1. The first kappa shape index (κ1) is 24.0. The van der Waals surface area contributed by atoms with Gasteiger partial charge in [-0.15, -0.1) is 24.0 Å². The average molecular weight is 512 g/mol. The van der Waals surface area contributed by atoms with Crippen molar-refractivity contribution in [2.75, 3.05) is 26.2 Å². The highest BCUT2D eigenvalue weighted by molar-refractivity contribution is 14.0. The summed E-state index contributed by atoms with van der Waals surface area (Å²) in [5, 5.41) is 3.47. The Bertz CT molecular complexity index is 691. The minimum absolute atomic E-state index is 0. The summed E-state index contributed by atoms with van der Waals surface area (Å²) in [6, 6.07) is 8.53. The van der Waals surface area contributed by atoms with Crippen molar-refractivity contribution in [3.05, 3.63) is 35.4 Å². The van der Waals surface area contributed by atoms with E-state index in [0.717, 1.165) is 56.9 Å². The average Bonchev–Trinajstić information content (AvgIpc) is 3.28. The number of carbonyl (C=O) groups excluding carboxylic acids is 1. The van der Waals surface area contributed by atoms with E-state index >= 15 is 0 Å². The molecule has 5 nitrogen and oxygen atoms in total. The summed E-state index contributed by atoms with van der Waals surface area (Å²) in [4.78, 5) is 21.2. The van der Waals surface area contributed by atoms with Crippen molar-refractivity contribution in [2.45, 2.75) is 59.5 Å². The second-order valence-corrected chi connectivity index (χ2v) is 8.64. The van der Waals surface area contributed by atoms with Crippen molar-refractivity contribution in [1.82, 2.24) is 15.1 Å². The van der Waals surface area contributed by atoms with E-state index in [2.05, 4.69) is 55.3 Å². The number of benzene rings is 1. The van der Waals surface area contributed by atoms with E-state index in [-0.39, 0.29) is 29.9 Å². The molecule has 0 spiro atoms. The minimum Gasteiger partial charge on any atom is -0.357 e. The number of likely N-dealkylation sites (tertiary alicyclic amines) is 2. The Morgan fingerprint density at radius 2 is 2.07 bits per heavy atom. The fourth-order valence-corrected chi connectivity index (χ4v) is 4.39. The van der Waals surface area contributed by atoms with Crippen molar-refractivity contribution in [3.8, 4) is 0 Å². The second kappa shape index (κ2) is 11.8. The number of hydrogen-bond donors (Lipinski definition) is 1. The molecule has 1 aromatic carbocycles. The Labute approximate surface area is 193 Å². The first-order chi connectivity index (χ1) is 13.5. The molecule has 1 aromatic rings. The molecule has 2 fully saturated rings. The summed E-state index contributed by atoms with van der Waals surface area (Å²) in [7, 11) is 0. The van der Waals surface area contributed by atoms with Crippen LogP contribution in [-0.4, -0.2) is 47.8 Å². The van der Waals surface area contributed by atoms with Gasteiger partial charge in [-0.1, -0.05) is 38.1 Å². The number of hydrogen-bond acceptors (Lipinski definition) is 2. The van der Waals surface area contributed by atoms with Crippen LogP contribution in [0.4, 0.5) is 0 Å². The maximum absolute atomic E-state index is 11.9. The van der Waals surface area contributed by atoms with Gasteiger partial charge >= 0.3 is 0 Å². The monoisotopic (exact) mass is 512 g/mol. The molecule has 3 rings (SSSR count). The Morgan fingerprint density at radius 1 is 1.28 bits per heavy atom. The summed E-state index contributed by atoms with van der Waals surface area (Å²) in [6.07, 6.45) is 4.25. The molecular weight excluding hydrogens is 475 g/mol. The van der Waals surface area contributed by atoms with E-state index in [0.29, 0.717) is 13.0 Å². The summed E-state index contributed by atoms with van der Waals surface area (Å²) in [5.41, 5.74) is 2.41. The van der Waals surface area contributed by atoms with Gasteiger partial charge in [0.2, 0.25) is 5.91 Å². The molecule has 0 bridgehead atoms. The van der Waals surface area contributed by atoms with E-state index in [1.54, 1.807) is 0 Å². The smallest absolute Gasteiger partial charge is 0.222 e. The Balaban J connectivity index is 0.00000300. The number of halogens is 1. The summed E-state index contributed by atoms with van der Waals surface area (Å²) in [5.74, 6) is 2.86. The molecule has 2 heterocycles. The van der Waals surface area contributed by atoms with Gasteiger partial charge in [0.15, 0.2) is 5.96 Å². The molecule has 162 valence electrons. The zero-order valence-corrected chi connectivity index (χ0v) is 20.5. The third kappa shape index (κ3) is 7.15. The molecule has 1 unspecified atom stereocenters. The molecular formula is C23H37IN4O. The molecule has 0 radical (unpaired) electrons. The van der Waals surface area contributed by atoms with E-state index in [1.165, 1.54) is 24.0 Å². The van der Waals surface area contributed by atoms with Crippen molar-refractivity contribution < 1.29 is 4.79 Å². The predicted octanol–water partition coefficient (Wildman–Crippen LogP) is 4.26. The third-order valence-corrected chi connectivity index (χ3v) is 5.67. The second-order valence-electron chi connectivity index (χ2n) is 8.64. The van der Waals surface area contributed by atoms with Gasteiger partial charge in [0.05, 0.1) is 6.54 Å². The minimum atomic E-state index is 0. The Hall–Kier alpha value is -1.31. The van der Waals surface area contributed by atoms with Crippen LogP contribution in [0, 0.1) is 11.8 Å². The van der Waals surface area contributed by atoms with Gasteiger partial charge in [-0.2, -0.15) is 0 Å². The molecule has 2 aliphatic rings. The predicted molar refractivity (Wildman–Crippen MR) is 130 cm³/mol. The van der Waals surface area contributed by atoms with Crippen LogP contribution in [0.5, 0.6) is 0 Å². The van der Waals surface area contributed by atoms with Gasteiger partial charge in [0.1, 0.15) is 0 Å². The molecule has 0 aliphatic carbocycles. The fourth-order valence-electron chi connectivity index (χ4n) is 4.39. The van der Waals surface area contributed by atoms with E-state index in [4.69, 9.17) is 4.99 Å². The molecule has 2 saturated heterocycles. The van der Waals surface area contributed by atoms with Crippen LogP contribution in [0.15, 0.2) is 29.3 Å². The molecule has 6 heteroatoms. The Morgan fingerprint density at radius 3 is 2.76 bits per heavy atom. The molecule has 0 saturated carbocycles. The summed E-state index contributed by atoms with van der Waals surface area (Å²) < 4.78 is 0. The van der Waals surface area contributed by atoms with Gasteiger partial charge in [-0.3, -0.25) is 4.79 Å². The quantitative estimate of drug-likeness (QED) is 0.338. The molecule has 29 heavy (non-hydrogen) atoms. The van der Waals surface area contributed by atoms with Crippen LogP contribution in [0.2, 0.25) is 0 Å². The van der Waals surface area contributed by atoms with E-state index < -0.39 is 0 Å². The number of guanidine groups is 1. The SMILES string of the molecule is CCNC(=NCc1cccc(CN2CCCC2=O)c1)N1CCC(CC(C)C)C1.I. The Kier molecular flexibility index (Phi) is 9.72. The molecule has 1 amide bonds. The highest BCUT2D eigenvalue weighted by Crippen LogP contribution is 2.23. The first-order valence-electron chi connectivity index (χ1n) is 10.9. The van der Waals surface area contributed by atoms with Crippen LogP contribution >= 0.6 is 24.0 Å². The topological polar surface area (TPSA) is 47.9 Å². The van der Waals surface area contributed by atoms with Crippen LogP contribution in [0.1, 0.15) is 57.6 Å². The number of rotatable bonds is 7. The number of amides is 1. The molecule has 1 N–H and O–H groups in total. The number of aliphatic imine (C=N–C) groups is 1. The van der Waals surface area contributed by atoms with Crippen molar-refractivity contribution >= 4 is 35.8 Å².